The van der Waals surface area contributed by atoms with Gasteiger partial charge in [0.25, 0.3) is 5.91 Å². The van der Waals surface area contributed by atoms with Gasteiger partial charge in [-0.1, -0.05) is 12.1 Å². The number of hydrogen-bond acceptors (Lipinski definition) is 8. The summed E-state index contributed by atoms with van der Waals surface area (Å²) in [6.45, 7) is 3.41. The lowest BCUT2D eigenvalue weighted by atomic mass is 9.96. The van der Waals surface area contributed by atoms with E-state index in [1.807, 2.05) is 22.6 Å². The Hall–Kier alpha value is -3.90. The summed E-state index contributed by atoms with van der Waals surface area (Å²) in [6, 6.07) is 10.6. The van der Waals surface area contributed by atoms with Gasteiger partial charge in [0.15, 0.2) is 0 Å². The number of nitrogens with two attached hydrogens (primary N) is 1. The van der Waals surface area contributed by atoms with Crippen molar-refractivity contribution < 1.29 is 19.0 Å². The van der Waals surface area contributed by atoms with Gasteiger partial charge in [-0.25, -0.2) is 14.4 Å². The summed E-state index contributed by atoms with van der Waals surface area (Å²) in [4.78, 5) is 24.4. The molecular weight excluding hydrogens is 513 g/mol. The molecule has 4 aromatic rings. The van der Waals surface area contributed by atoms with Gasteiger partial charge >= 0.3 is 0 Å². The van der Waals surface area contributed by atoms with E-state index < -0.39 is 5.72 Å². The number of pyridine rings is 2. The van der Waals surface area contributed by atoms with Crippen molar-refractivity contribution in [2.45, 2.75) is 37.6 Å². The second-order valence-corrected chi connectivity index (χ2v) is 10.9. The summed E-state index contributed by atoms with van der Waals surface area (Å²) in [5.74, 6) is 0.371. The van der Waals surface area contributed by atoms with E-state index in [9.17, 15) is 14.3 Å². The second kappa shape index (κ2) is 9.63. The van der Waals surface area contributed by atoms with Crippen molar-refractivity contribution in [3.05, 3.63) is 77.0 Å². The highest BCUT2D eigenvalue weighted by Crippen LogP contribution is 2.36. The van der Waals surface area contributed by atoms with Crippen molar-refractivity contribution in [1.29, 1.82) is 0 Å². The fraction of sp³-hybridized carbons (Fsp3) is 0.345. The number of halogens is 1. The van der Waals surface area contributed by atoms with Crippen LogP contribution in [0.3, 0.4) is 0 Å². The van der Waals surface area contributed by atoms with Gasteiger partial charge in [0.05, 0.1) is 35.4 Å². The monoisotopic (exact) mass is 543 g/mol. The maximum Gasteiger partial charge on any atom is 0.254 e. The van der Waals surface area contributed by atoms with Crippen molar-refractivity contribution in [3.63, 3.8) is 0 Å². The number of nitrogens with zero attached hydrogens (tertiary/aromatic N) is 4. The predicted octanol–water partition coefficient (Wildman–Crippen LogP) is 2.88. The molecular formula is C29H30FN7O3. The largest absolute Gasteiger partial charge is 0.381 e. The molecule has 10 nitrogen and oxygen atoms in total. The minimum atomic E-state index is -1.18. The van der Waals surface area contributed by atoms with Gasteiger partial charge in [-0.3, -0.25) is 14.1 Å². The molecule has 40 heavy (non-hydrogen) atoms. The van der Waals surface area contributed by atoms with Crippen LogP contribution in [0.5, 0.6) is 0 Å². The van der Waals surface area contributed by atoms with Gasteiger partial charge < -0.3 is 26.2 Å². The first kappa shape index (κ1) is 25.1. The van der Waals surface area contributed by atoms with Gasteiger partial charge in [0.2, 0.25) is 0 Å². The number of amides is 1. The predicted molar refractivity (Wildman–Crippen MR) is 146 cm³/mol. The van der Waals surface area contributed by atoms with Crippen molar-refractivity contribution in [1.82, 2.24) is 24.6 Å². The molecule has 0 spiro atoms. The average Bonchev–Trinajstić information content (AvgIpc) is 3.72. The molecule has 0 unspecified atom stereocenters. The smallest absolute Gasteiger partial charge is 0.254 e. The van der Waals surface area contributed by atoms with Crippen LogP contribution in [0.2, 0.25) is 0 Å². The van der Waals surface area contributed by atoms with Crippen molar-refractivity contribution in [2.75, 3.05) is 31.6 Å². The number of aromatic nitrogens is 3. The van der Waals surface area contributed by atoms with Crippen LogP contribution in [-0.2, 0) is 17.8 Å². The summed E-state index contributed by atoms with van der Waals surface area (Å²) in [5.41, 5.74) is 11.0. The topological polar surface area (TPSA) is 130 Å². The summed E-state index contributed by atoms with van der Waals surface area (Å²) in [6.07, 6.45) is 4.79. The number of nitrogens with one attached hydrogen (secondary N) is 2. The Morgan fingerprint density at radius 2 is 2.17 bits per heavy atom. The number of imidazole rings is 1. The van der Waals surface area contributed by atoms with Crippen LogP contribution >= 0.6 is 0 Å². The molecule has 0 saturated carbocycles. The number of anilines is 2. The molecule has 11 heteroatoms. The molecule has 7 rings (SSSR count). The SMILES string of the molecule is N[C@@]1(O)CCN(Cc2nc(Nc3ccc(-c4cnc5cc(F)ccn45)c4c3C(=O)NC4)ccc2[C@@H]2CCOC2)C1. The number of carbonyl (C=O) groups excluding carboxylic acids is 1. The Morgan fingerprint density at radius 3 is 2.98 bits per heavy atom. The van der Waals surface area contributed by atoms with E-state index in [1.165, 1.54) is 12.1 Å². The molecule has 206 valence electrons. The number of likely N-dealkylation sites (tertiary alicyclic amines) is 1. The third-order valence-corrected chi connectivity index (χ3v) is 8.09. The second-order valence-electron chi connectivity index (χ2n) is 10.9. The highest BCUT2D eigenvalue weighted by atomic mass is 19.1. The van der Waals surface area contributed by atoms with Gasteiger partial charge in [-0.05, 0) is 35.7 Å². The van der Waals surface area contributed by atoms with E-state index in [1.54, 1.807) is 12.4 Å². The number of fused-ring (bicyclic) bond motifs is 2. The first-order valence-corrected chi connectivity index (χ1v) is 13.5. The highest BCUT2D eigenvalue weighted by Gasteiger charge is 2.33. The number of ether oxygens (including phenoxy) is 1. The number of rotatable bonds is 6. The van der Waals surface area contributed by atoms with Gasteiger partial charge in [0, 0.05) is 63.0 Å². The molecule has 2 saturated heterocycles. The number of hydrogen-bond donors (Lipinski definition) is 4. The molecule has 0 aliphatic carbocycles. The zero-order valence-electron chi connectivity index (χ0n) is 21.9. The van der Waals surface area contributed by atoms with Crippen LogP contribution in [-0.4, -0.2) is 62.3 Å². The molecule has 3 aromatic heterocycles. The van der Waals surface area contributed by atoms with Crippen molar-refractivity contribution in [2.24, 2.45) is 5.73 Å². The summed E-state index contributed by atoms with van der Waals surface area (Å²) >= 11 is 0. The van der Waals surface area contributed by atoms with Crippen LogP contribution in [0.1, 0.15) is 45.9 Å². The van der Waals surface area contributed by atoms with Crippen LogP contribution in [0.15, 0.2) is 48.8 Å². The molecule has 6 heterocycles. The minimum Gasteiger partial charge on any atom is -0.381 e. The maximum absolute atomic E-state index is 13.7. The zero-order chi connectivity index (χ0) is 27.4. The molecule has 1 aromatic carbocycles. The third kappa shape index (κ3) is 4.50. The van der Waals surface area contributed by atoms with E-state index in [-0.39, 0.29) is 17.6 Å². The van der Waals surface area contributed by atoms with Gasteiger partial charge in [-0.2, -0.15) is 0 Å². The first-order chi connectivity index (χ1) is 19.3. The fourth-order valence-corrected chi connectivity index (χ4v) is 6.09. The molecule has 3 aliphatic rings. The first-order valence-electron chi connectivity index (χ1n) is 13.5. The molecule has 3 aliphatic heterocycles. The number of aliphatic hydroxyl groups is 1. The molecule has 2 fully saturated rings. The molecule has 1 amide bonds. The van der Waals surface area contributed by atoms with E-state index in [0.717, 1.165) is 41.1 Å². The Labute approximate surface area is 230 Å². The summed E-state index contributed by atoms with van der Waals surface area (Å²) < 4.78 is 21.2. The maximum atomic E-state index is 13.7. The third-order valence-electron chi connectivity index (χ3n) is 8.09. The highest BCUT2D eigenvalue weighted by molar-refractivity contribution is 6.06. The Kier molecular flexibility index (Phi) is 6.04. The van der Waals surface area contributed by atoms with E-state index >= 15 is 0 Å². The minimum absolute atomic E-state index is 0.168. The van der Waals surface area contributed by atoms with E-state index in [4.69, 9.17) is 15.5 Å². The fourth-order valence-electron chi connectivity index (χ4n) is 6.09. The molecule has 5 N–H and O–H groups in total. The lowest BCUT2D eigenvalue weighted by molar-refractivity contribution is 0.0550. The number of carbonyl (C=O) groups is 1. The van der Waals surface area contributed by atoms with Crippen LogP contribution in [0.4, 0.5) is 15.9 Å². The van der Waals surface area contributed by atoms with Crippen LogP contribution in [0, 0.1) is 5.82 Å². The van der Waals surface area contributed by atoms with Crippen LogP contribution in [0.25, 0.3) is 16.9 Å². The molecule has 0 bridgehead atoms. The van der Waals surface area contributed by atoms with Gasteiger partial charge in [0.1, 0.15) is 23.0 Å². The van der Waals surface area contributed by atoms with Crippen LogP contribution < -0.4 is 16.4 Å². The number of benzene rings is 1. The average molecular weight is 544 g/mol. The lowest BCUT2D eigenvalue weighted by Crippen LogP contribution is -2.42. The Balaban J connectivity index is 1.23. The Morgan fingerprint density at radius 1 is 1.27 bits per heavy atom. The lowest BCUT2D eigenvalue weighted by Gasteiger charge is -2.22. The standard InChI is InChI=1S/C29H30FN7O3/c30-18-5-8-37-24(13-32-26(37)11-18)20-1-3-22(27-21(20)12-33-28(27)38)34-25-4-2-19(17-6-10-40-15-17)23(35-25)14-36-9-7-29(31,39)16-36/h1-5,8,11,13,17,39H,6-7,9-10,12,14-16,31H2,(H,33,38)(H,34,35)/t17-,29-/m1/s1. The normalized spacial score (nSPS) is 22.7. The Bertz CT molecular complexity index is 1630. The van der Waals surface area contributed by atoms with Gasteiger partial charge in [-0.15, -0.1) is 0 Å². The van der Waals surface area contributed by atoms with E-state index in [2.05, 4.69) is 26.6 Å². The van der Waals surface area contributed by atoms with Crippen molar-refractivity contribution in [3.8, 4) is 11.3 Å². The molecule has 0 radical (unpaired) electrons. The summed E-state index contributed by atoms with van der Waals surface area (Å²) in [5, 5.41) is 16.6. The summed E-state index contributed by atoms with van der Waals surface area (Å²) in [7, 11) is 0. The quantitative estimate of drug-likeness (QED) is 0.273. The van der Waals surface area contributed by atoms with Crippen molar-refractivity contribution >= 4 is 23.1 Å². The van der Waals surface area contributed by atoms with E-state index in [0.29, 0.717) is 61.9 Å². The molecule has 2 atom stereocenters. The zero-order valence-corrected chi connectivity index (χ0v) is 21.9. The number of β-amino-alcohol motifs (C(OH)–C–C–N with tert-alkyl or cyclic N) is 1.